The van der Waals surface area contributed by atoms with Gasteiger partial charge in [0.25, 0.3) is 5.69 Å². The van der Waals surface area contributed by atoms with Crippen molar-refractivity contribution in [1.29, 1.82) is 0 Å². The topological polar surface area (TPSA) is 104 Å². The Labute approximate surface area is 132 Å². The maximum absolute atomic E-state index is 11.5. The van der Waals surface area contributed by atoms with E-state index in [1.54, 1.807) is 12.1 Å². The van der Waals surface area contributed by atoms with Crippen molar-refractivity contribution in [2.75, 3.05) is 25.1 Å². The number of hydrogen-bond donors (Lipinski definition) is 1. The van der Waals surface area contributed by atoms with Crippen LogP contribution in [0.3, 0.4) is 0 Å². The summed E-state index contributed by atoms with van der Waals surface area (Å²) in [7, 11) is 0. The SMILES string of the molecule is O=C(COc1ccccc1)OCCNc1ccc([N+](=O)[O-])cn1. The van der Waals surface area contributed by atoms with E-state index in [1.165, 1.54) is 12.1 Å². The average molecular weight is 317 g/mol. The molecule has 0 spiro atoms. The van der Waals surface area contributed by atoms with Gasteiger partial charge in [0.15, 0.2) is 6.61 Å². The van der Waals surface area contributed by atoms with Crippen LogP contribution in [0.4, 0.5) is 11.5 Å². The third kappa shape index (κ3) is 5.62. The second-order valence-corrected chi connectivity index (χ2v) is 4.41. The van der Waals surface area contributed by atoms with Crippen LogP contribution in [-0.4, -0.2) is 35.6 Å². The van der Waals surface area contributed by atoms with E-state index in [0.29, 0.717) is 18.1 Å². The van der Waals surface area contributed by atoms with Crippen molar-refractivity contribution >= 4 is 17.5 Å². The lowest BCUT2D eigenvalue weighted by atomic mass is 10.3. The molecule has 0 unspecified atom stereocenters. The summed E-state index contributed by atoms with van der Waals surface area (Å²) in [6.07, 6.45) is 1.15. The quantitative estimate of drug-likeness (QED) is 0.344. The Morgan fingerprint density at radius 2 is 2.00 bits per heavy atom. The summed E-state index contributed by atoms with van der Waals surface area (Å²) >= 11 is 0. The fraction of sp³-hybridized carbons (Fsp3) is 0.200. The normalized spacial score (nSPS) is 9.91. The van der Waals surface area contributed by atoms with E-state index < -0.39 is 10.9 Å². The maximum atomic E-state index is 11.5. The van der Waals surface area contributed by atoms with Crippen molar-refractivity contribution in [3.8, 4) is 5.75 Å². The Morgan fingerprint density at radius 1 is 1.22 bits per heavy atom. The fourth-order valence-electron chi connectivity index (χ4n) is 1.64. The number of nitrogens with zero attached hydrogens (tertiary/aromatic N) is 2. The molecule has 0 fully saturated rings. The molecule has 1 aromatic heterocycles. The molecule has 2 aromatic rings. The zero-order chi connectivity index (χ0) is 16.5. The van der Waals surface area contributed by atoms with E-state index in [2.05, 4.69) is 10.3 Å². The average Bonchev–Trinajstić information content (AvgIpc) is 2.58. The molecule has 0 aliphatic heterocycles. The van der Waals surface area contributed by atoms with Crippen LogP contribution >= 0.6 is 0 Å². The molecule has 0 radical (unpaired) electrons. The van der Waals surface area contributed by atoms with Gasteiger partial charge in [-0.1, -0.05) is 18.2 Å². The summed E-state index contributed by atoms with van der Waals surface area (Å²) in [4.78, 5) is 25.3. The monoisotopic (exact) mass is 317 g/mol. The van der Waals surface area contributed by atoms with Gasteiger partial charge >= 0.3 is 5.97 Å². The maximum Gasteiger partial charge on any atom is 0.344 e. The highest BCUT2D eigenvalue weighted by atomic mass is 16.6. The Balaban J connectivity index is 1.63. The molecule has 0 atom stereocenters. The van der Waals surface area contributed by atoms with Gasteiger partial charge in [0.05, 0.1) is 11.5 Å². The second kappa shape index (κ2) is 8.32. The Hall–Kier alpha value is -3.16. The van der Waals surface area contributed by atoms with Crippen molar-refractivity contribution in [3.05, 3.63) is 58.8 Å². The first-order valence-corrected chi connectivity index (χ1v) is 6.83. The molecule has 2 rings (SSSR count). The van der Waals surface area contributed by atoms with E-state index in [9.17, 15) is 14.9 Å². The molecular weight excluding hydrogens is 302 g/mol. The Morgan fingerprint density at radius 3 is 2.65 bits per heavy atom. The van der Waals surface area contributed by atoms with Crippen LogP contribution in [-0.2, 0) is 9.53 Å². The lowest BCUT2D eigenvalue weighted by Gasteiger charge is -2.08. The molecule has 1 N–H and O–H groups in total. The number of benzene rings is 1. The van der Waals surface area contributed by atoms with Gasteiger partial charge in [0.1, 0.15) is 24.4 Å². The number of hydrogen-bond acceptors (Lipinski definition) is 7. The van der Waals surface area contributed by atoms with Gasteiger partial charge < -0.3 is 14.8 Å². The van der Waals surface area contributed by atoms with Gasteiger partial charge in [0.2, 0.25) is 0 Å². The first-order chi connectivity index (χ1) is 11.1. The molecule has 0 bridgehead atoms. The Bertz CT molecular complexity index is 646. The number of carbonyl (C=O) groups is 1. The molecule has 23 heavy (non-hydrogen) atoms. The molecule has 1 heterocycles. The summed E-state index contributed by atoms with van der Waals surface area (Å²) in [5.41, 5.74) is -0.0833. The van der Waals surface area contributed by atoms with Crippen LogP contribution in [0.25, 0.3) is 0 Å². The summed E-state index contributed by atoms with van der Waals surface area (Å²) in [6, 6.07) is 11.8. The second-order valence-electron chi connectivity index (χ2n) is 4.41. The predicted octanol–water partition coefficient (Wildman–Crippen LogP) is 2.02. The van der Waals surface area contributed by atoms with Crippen LogP contribution in [0.2, 0.25) is 0 Å². The number of ether oxygens (including phenoxy) is 2. The third-order valence-electron chi connectivity index (χ3n) is 2.73. The standard InChI is InChI=1S/C15H15N3O5/c19-15(11-23-13-4-2-1-3-5-13)22-9-8-16-14-7-6-12(10-17-14)18(20)21/h1-7,10H,8-9,11H2,(H,16,17). The van der Waals surface area contributed by atoms with Crippen molar-refractivity contribution in [1.82, 2.24) is 4.98 Å². The molecule has 0 amide bonds. The molecule has 8 heteroatoms. The van der Waals surface area contributed by atoms with E-state index in [0.717, 1.165) is 6.20 Å². The summed E-state index contributed by atoms with van der Waals surface area (Å²) in [5.74, 6) is 0.581. The van der Waals surface area contributed by atoms with E-state index in [4.69, 9.17) is 9.47 Å². The number of anilines is 1. The van der Waals surface area contributed by atoms with Crippen LogP contribution < -0.4 is 10.1 Å². The largest absolute Gasteiger partial charge is 0.482 e. The zero-order valence-electron chi connectivity index (χ0n) is 12.2. The van der Waals surface area contributed by atoms with E-state index in [1.807, 2.05) is 18.2 Å². The summed E-state index contributed by atoms with van der Waals surface area (Å²) < 4.78 is 10.2. The fourth-order valence-corrected chi connectivity index (χ4v) is 1.64. The number of aromatic nitrogens is 1. The van der Waals surface area contributed by atoms with Crippen molar-refractivity contribution in [2.45, 2.75) is 0 Å². The number of rotatable bonds is 8. The summed E-state index contributed by atoms with van der Waals surface area (Å²) in [6.45, 7) is 0.303. The zero-order valence-corrected chi connectivity index (χ0v) is 12.2. The van der Waals surface area contributed by atoms with Crippen LogP contribution in [0.15, 0.2) is 48.7 Å². The number of pyridine rings is 1. The predicted molar refractivity (Wildman–Crippen MR) is 82.3 cm³/mol. The van der Waals surface area contributed by atoms with Gasteiger partial charge in [-0.15, -0.1) is 0 Å². The van der Waals surface area contributed by atoms with Gasteiger partial charge in [-0.3, -0.25) is 10.1 Å². The highest BCUT2D eigenvalue weighted by molar-refractivity contribution is 5.71. The Kier molecular flexibility index (Phi) is 5.87. The molecular formula is C15H15N3O5. The van der Waals surface area contributed by atoms with Crippen molar-refractivity contribution in [3.63, 3.8) is 0 Å². The van der Waals surface area contributed by atoms with Gasteiger partial charge in [-0.25, -0.2) is 9.78 Å². The van der Waals surface area contributed by atoms with Crippen LogP contribution in [0, 0.1) is 10.1 Å². The molecule has 0 aliphatic rings. The number of esters is 1. The van der Waals surface area contributed by atoms with Crippen molar-refractivity contribution in [2.24, 2.45) is 0 Å². The number of nitro groups is 1. The first kappa shape index (κ1) is 16.2. The minimum Gasteiger partial charge on any atom is -0.482 e. The molecule has 8 nitrogen and oxygen atoms in total. The smallest absolute Gasteiger partial charge is 0.344 e. The molecule has 0 saturated heterocycles. The highest BCUT2D eigenvalue weighted by Crippen LogP contribution is 2.11. The first-order valence-electron chi connectivity index (χ1n) is 6.83. The lowest BCUT2D eigenvalue weighted by Crippen LogP contribution is -2.19. The van der Waals surface area contributed by atoms with Crippen LogP contribution in [0.5, 0.6) is 5.75 Å². The minimum absolute atomic E-state index is 0.0833. The molecule has 0 aliphatic carbocycles. The lowest BCUT2D eigenvalue weighted by molar-refractivity contribution is -0.385. The van der Waals surface area contributed by atoms with Gasteiger partial charge in [-0.2, -0.15) is 0 Å². The number of carbonyl (C=O) groups excluding carboxylic acids is 1. The van der Waals surface area contributed by atoms with Gasteiger partial charge in [0, 0.05) is 6.07 Å². The summed E-state index contributed by atoms with van der Waals surface area (Å²) in [5, 5.41) is 13.4. The van der Waals surface area contributed by atoms with Crippen LogP contribution in [0.1, 0.15) is 0 Å². The number of para-hydroxylation sites is 1. The molecule has 0 saturated carbocycles. The highest BCUT2D eigenvalue weighted by Gasteiger charge is 2.06. The molecule has 1 aromatic carbocycles. The minimum atomic E-state index is -0.523. The number of nitrogens with one attached hydrogen (secondary N) is 1. The van der Waals surface area contributed by atoms with Gasteiger partial charge in [-0.05, 0) is 18.2 Å². The molecule has 120 valence electrons. The third-order valence-corrected chi connectivity index (χ3v) is 2.73. The van der Waals surface area contributed by atoms with Crippen molar-refractivity contribution < 1.29 is 19.2 Å². The van der Waals surface area contributed by atoms with E-state index in [-0.39, 0.29) is 18.9 Å². The van der Waals surface area contributed by atoms with E-state index >= 15 is 0 Å².